The first kappa shape index (κ1) is 15.5. The minimum absolute atomic E-state index is 0.354. The maximum Gasteiger partial charge on any atom is 0.223 e. The normalized spacial score (nSPS) is 11.8. The lowest BCUT2D eigenvalue weighted by molar-refractivity contribution is 0.387. The van der Waals surface area contributed by atoms with Crippen LogP contribution >= 0.6 is 0 Å². The average Bonchev–Trinajstić information content (AvgIpc) is 2.81. The molecule has 1 heterocycles. The summed E-state index contributed by atoms with van der Waals surface area (Å²) in [7, 11) is 0. The van der Waals surface area contributed by atoms with Crippen LogP contribution in [-0.4, -0.2) is 22.6 Å². The van der Waals surface area contributed by atoms with Gasteiger partial charge in [0.2, 0.25) is 5.89 Å². The number of unbranched alkanes of at least 4 members (excludes halogenated alkanes) is 5. The molecular weight excluding hydrogens is 242 g/mol. The van der Waals surface area contributed by atoms with Crippen molar-refractivity contribution < 1.29 is 4.52 Å². The van der Waals surface area contributed by atoms with Crippen LogP contribution in [0.5, 0.6) is 0 Å². The van der Waals surface area contributed by atoms with E-state index in [1.54, 1.807) is 6.92 Å². The van der Waals surface area contributed by atoms with Crippen molar-refractivity contribution in [2.75, 3.05) is 6.54 Å². The van der Waals surface area contributed by atoms with E-state index in [0.717, 1.165) is 13.0 Å². The second-order valence-electron chi connectivity index (χ2n) is 4.63. The summed E-state index contributed by atoms with van der Waals surface area (Å²) in [5, 5.41) is 6.84. The fourth-order valence-electron chi connectivity index (χ4n) is 1.74. The van der Waals surface area contributed by atoms with E-state index in [4.69, 9.17) is 10.3 Å². The minimum atomic E-state index is 0.354. The molecule has 0 atom stereocenters. The average molecular weight is 267 g/mol. The molecule has 3 N–H and O–H groups in total. The number of nitrogens with two attached hydrogens (primary N) is 1. The fraction of sp³-hybridized carbons (Fsp3) is 0.769. The second kappa shape index (κ2) is 9.35. The Kier molecular flexibility index (Phi) is 7.62. The third kappa shape index (κ3) is 7.43. The Morgan fingerprint density at radius 2 is 2.00 bits per heavy atom. The predicted molar refractivity (Wildman–Crippen MR) is 75.7 cm³/mol. The highest BCUT2D eigenvalue weighted by atomic mass is 16.5. The van der Waals surface area contributed by atoms with Crippen molar-refractivity contribution in [1.29, 1.82) is 0 Å². The predicted octanol–water partition coefficient (Wildman–Crippen LogP) is 2.14. The summed E-state index contributed by atoms with van der Waals surface area (Å²) in [4.78, 5) is 8.21. The SMILES string of the molecule is CCCCCCCCNC(N)=NCc1noc(C)n1. The van der Waals surface area contributed by atoms with E-state index in [1.807, 2.05) is 0 Å². The highest BCUT2D eigenvalue weighted by Gasteiger charge is 2.00. The quantitative estimate of drug-likeness (QED) is 0.406. The Balaban J connectivity index is 2.05. The zero-order valence-electron chi connectivity index (χ0n) is 12.0. The molecule has 0 unspecified atom stereocenters. The van der Waals surface area contributed by atoms with Crippen LogP contribution in [0.25, 0.3) is 0 Å². The summed E-state index contributed by atoms with van der Waals surface area (Å²) in [5.41, 5.74) is 5.74. The summed E-state index contributed by atoms with van der Waals surface area (Å²) >= 11 is 0. The first-order valence-electron chi connectivity index (χ1n) is 7.05. The molecule has 1 aromatic heterocycles. The van der Waals surface area contributed by atoms with Crippen molar-refractivity contribution in [3.63, 3.8) is 0 Å². The van der Waals surface area contributed by atoms with Crippen LogP contribution in [0.3, 0.4) is 0 Å². The molecule has 0 fully saturated rings. The van der Waals surface area contributed by atoms with E-state index in [0.29, 0.717) is 24.2 Å². The summed E-state index contributed by atoms with van der Waals surface area (Å²) in [5.74, 6) is 1.54. The number of hydrogen-bond donors (Lipinski definition) is 2. The molecule has 1 aromatic rings. The number of guanidine groups is 1. The number of aryl methyl sites for hydroxylation is 1. The van der Waals surface area contributed by atoms with Gasteiger partial charge in [0, 0.05) is 13.5 Å². The largest absolute Gasteiger partial charge is 0.370 e. The van der Waals surface area contributed by atoms with Gasteiger partial charge in [0.1, 0.15) is 6.54 Å². The zero-order valence-corrected chi connectivity index (χ0v) is 12.0. The van der Waals surface area contributed by atoms with Crippen LogP contribution in [-0.2, 0) is 6.54 Å². The highest BCUT2D eigenvalue weighted by molar-refractivity contribution is 5.77. The molecule has 0 aliphatic carbocycles. The summed E-state index contributed by atoms with van der Waals surface area (Å²) in [6.07, 6.45) is 7.62. The number of aromatic nitrogens is 2. The number of aliphatic imine (C=N–C) groups is 1. The molecule has 0 aliphatic heterocycles. The highest BCUT2D eigenvalue weighted by Crippen LogP contribution is 2.04. The van der Waals surface area contributed by atoms with Gasteiger partial charge in [-0.05, 0) is 6.42 Å². The molecule has 0 aromatic carbocycles. The number of nitrogens with zero attached hydrogens (tertiary/aromatic N) is 3. The van der Waals surface area contributed by atoms with Gasteiger partial charge in [-0.1, -0.05) is 44.2 Å². The smallest absolute Gasteiger partial charge is 0.223 e. The van der Waals surface area contributed by atoms with Gasteiger partial charge in [-0.2, -0.15) is 4.98 Å². The Morgan fingerprint density at radius 1 is 1.26 bits per heavy atom. The molecule has 0 radical (unpaired) electrons. The van der Waals surface area contributed by atoms with Gasteiger partial charge < -0.3 is 15.6 Å². The molecule has 6 heteroatoms. The molecule has 6 nitrogen and oxygen atoms in total. The van der Waals surface area contributed by atoms with E-state index in [9.17, 15) is 0 Å². The van der Waals surface area contributed by atoms with Gasteiger partial charge in [-0.15, -0.1) is 0 Å². The van der Waals surface area contributed by atoms with Crippen LogP contribution in [0.2, 0.25) is 0 Å². The maximum atomic E-state index is 5.74. The topological polar surface area (TPSA) is 89.3 Å². The van der Waals surface area contributed by atoms with E-state index >= 15 is 0 Å². The van der Waals surface area contributed by atoms with E-state index in [1.165, 1.54) is 32.1 Å². The minimum Gasteiger partial charge on any atom is -0.370 e. The summed E-state index contributed by atoms with van der Waals surface area (Å²) < 4.78 is 4.85. The third-order valence-electron chi connectivity index (χ3n) is 2.80. The van der Waals surface area contributed by atoms with Crippen molar-refractivity contribution in [2.24, 2.45) is 10.7 Å². The van der Waals surface area contributed by atoms with Gasteiger partial charge in [0.05, 0.1) is 0 Å². The summed E-state index contributed by atoms with van der Waals surface area (Å²) in [6.45, 7) is 5.20. The molecule has 0 aliphatic rings. The lowest BCUT2D eigenvalue weighted by Gasteiger charge is -2.04. The van der Waals surface area contributed by atoms with Gasteiger partial charge in [0.25, 0.3) is 0 Å². The van der Waals surface area contributed by atoms with Gasteiger partial charge >= 0.3 is 0 Å². The van der Waals surface area contributed by atoms with Gasteiger partial charge in [-0.25, -0.2) is 4.99 Å². The number of rotatable bonds is 9. The van der Waals surface area contributed by atoms with Crippen molar-refractivity contribution in [1.82, 2.24) is 15.5 Å². The molecule has 19 heavy (non-hydrogen) atoms. The van der Waals surface area contributed by atoms with Crippen molar-refractivity contribution in [2.45, 2.75) is 58.9 Å². The lowest BCUT2D eigenvalue weighted by Crippen LogP contribution is -2.32. The number of hydrogen-bond acceptors (Lipinski definition) is 4. The molecule has 1 rings (SSSR count). The Labute approximate surface area is 114 Å². The monoisotopic (exact) mass is 267 g/mol. The van der Waals surface area contributed by atoms with E-state index in [2.05, 4.69) is 27.4 Å². The van der Waals surface area contributed by atoms with Crippen molar-refractivity contribution in [3.05, 3.63) is 11.7 Å². The Bertz CT molecular complexity index is 375. The molecule has 0 saturated heterocycles. The zero-order chi connectivity index (χ0) is 13.9. The molecule has 0 amide bonds. The van der Waals surface area contributed by atoms with Crippen LogP contribution in [0.1, 0.15) is 57.2 Å². The molecule has 108 valence electrons. The molecule has 0 bridgehead atoms. The maximum absolute atomic E-state index is 5.74. The van der Waals surface area contributed by atoms with Crippen molar-refractivity contribution in [3.8, 4) is 0 Å². The first-order chi connectivity index (χ1) is 9.22. The summed E-state index contributed by atoms with van der Waals surface area (Å²) in [6, 6.07) is 0. The molecule has 0 spiro atoms. The van der Waals surface area contributed by atoms with Crippen LogP contribution in [0.15, 0.2) is 9.52 Å². The van der Waals surface area contributed by atoms with Crippen LogP contribution < -0.4 is 11.1 Å². The van der Waals surface area contributed by atoms with Crippen LogP contribution in [0.4, 0.5) is 0 Å². The van der Waals surface area contributed by atoms with E-state index < -0.39 is 0 Å². The van der Waals surface area contributed by atoms with Crippen molar-refractivity contribution >= 4 is 5.96 Å². The fourth-order valence-corrected chi connectivity index (χ4v) is 1.74. The van der Waals surface area contributed by atoms with Gasteiger partial charge in [0.15, 0.2) is 11.8 Å². The standard InChI is InChI=1S/C13H25N5O/c1-3-4-5-6-7-8-9-15-13(14)16-10-12-17-11(2)19-18-12/h3-10H2,1-2H3,(H3,14,15,16). The Hall–Kier alpha value is -1.59. The molecular formula is C13H25N5O. The third-order valence-corrected chi connectivity index (χ3v) is 2.80. The van der Waals surface area contributed by atoms with E-state index in [-0.39, 0.29) is 0 Å². The first-order valence-corrected chi connectivity index (χ1v) is 7.05. The van der Waals surface area contributed by atoms with Crippen LogP contribution in [0, 0.1) is 6.92 Å². The number of nitrogens with one attached hydrogen (secondary N) is 1. The Morgan fingerprint density at radius 3 is 2.68 bits per heavy atom. The molecule has 0 saturated carbocycles. The lowest BCUT2D eigenvalue weighted by atomic mass is 10.1. The second-order valence-corrected chi connectivity index (χ2v) is 4.63. The van der Waals surface area contributed by atoms with Gasteiger partial charge in [-0.3, -0.25) is 0 Å².